The Bertz CT molecular complexity index is 1530. The van der Waals surface area contributed by atoms with E-state index in [1.54, 1.807) is 0 Å². The van der Waals surface area contributed by atoms with E-state index in [1.807, 2.05) is 40.8 Å². The van der Waals surface area contributed by atoms with Gasteiger partial charge in [0.05, 0.1) is 6.04 Å². The number of aryl methyl sites for hydroxylation is 2. The highest BCUT2D eigenvalue weighted by molar-refractivity contribution is 5.48. The van der Waals surface area contributed by atoms with Gasteiger partial charge in [0.2, 0.25) is 0 Å². The second-order valence-electron chi connectivity index (χ2n) is 12.2. The predicted octanol–water partition coefficient (Wildman–Crippen LogP) is 10.1. The van der Waals surface area contributed by atoms with E-state index in [0.29, 0.717) is 26.2 Å². The van der Waals surface area contributed by atoms with Crippen LogP contribution in [-0.4, -0.2) is 49.6 Å². The smallest absolute Gasteiger partial charge is 0.121 e. The summed E-state index contributed by atoms with van der Waals surface area (Å²) in [5, 5.41) is 0. The molecule has 2 atom stereocenters. The Morgan fingerprint density at radius 2 is 1.27 bits per heavy atom. The summed E-state index contributed by atoms with van der Waals surface area (Å²) in [5.41, 5.74) is 34.3. The minimum absolute atomic E-state index is 0. The first-order valence-corrected chi connectivity index (χ1v) is 19.4. The molecular formula is C48H77N7. The van der Waals surface area contributed by atoms with E-state index in [4.69, 9.17) is 17.2 Å². The maximum atomic E-state index is 7.13. The zero-order valence-corrected chi connectivity index (χ0v) is 34.7. The minimum atomic E-state index is -0.791. The molecule has 0 aromatic heterocycles. The van der Waals surface area contributed by atoms with Crippen LogP contribution in [0.1, 0.15) is 92.9 Å². The maximum absolute atomic E-state index is 7.13. The van der Waals surface area contributed by atoms with Gasteiger partial charge >= 0.3 is 0 Å². The SMILES string of the molecule is C.C=C.C=C.C=CCCCN(CCN)C(c1ccc(CNNc2ccc(C(N)(c3cccc(C)c3)N(C)CCN)cc2)cc1)c1cccc(C)c1.CC.CC. The second kappa shape index (κ2) is 30.9. The fourth-order valence-corrected chi connectivity index (χ4v) is 6.16. The number of nitrogens with one attached hydrogen (secondary N) is 2. The van der Waals surface area contributed by atoms with Crippen LogP contribution in [-0.2, 0) is 12.2 Å². The molecule has 0 saturated carbocycles. The van der Waals surface area contributed by atoms with Crippen molar-refractivity contribution in [2.75, 3.05) is 45.2 Å². The summed E-state index contributed by atoms with van der Waals surface area (Å²) < 4.78 is 0. The van der Waals surface area contributed by atoms with Gasteiger partial charge in [-0.15, -0.1) is 32.9 Å². The third kappa shape index (κ3) is 16.5. The molecule has 4 aromatic carbocycles. The van der Waals surface area contributed by atoms with Gasteiger partial charge in [0.15, 0.2) is 0 Å². The van der Waals surface area contributed by atoms with E-state index >= 15 is 0 Å². The molecule has 304 valence electrons. The summed E-state index contributed by atoms with van der Waals surface area (Å²) in [6.45, 7) is 32.4. The fraction of sp³-hybridized carbons (Fsp3) is 0.375. The Morgan fingerprint density at radius 1 is 0.709 bits per heavy atom. The summed E-state index contributed by atoms with van der Waals surface area (Å²) in [6.07, 6.45) is 4.04. The lowest BCUT2D eigenvalue weighted by Gasteiger charge is -2.39. The number of nitrogens with two attached hydrogens (primary N) is 3. The highest BCUT2D eigenvalue weighted by Gasteiger charge is 2.34. The number of nitrogens with zero attached hydrogens (tertiary/aromatic N) is 2. The molecule has 2 unspecified atom stereocenters. The van der Waals surface area contributed by atoms with Crippen LogP contribution in [0.15, 0.2) is 136 Å². The molecule has 0 aliphatic rings. The third-order valence-corrected chi connectivity index (χ3v) is 8.66. The Kier molecular flexibility index (Phi) is 29.7. The summed E-state index contributed by atoms with van der Waals surface area (Å²) >= 11 is 0. The van der Waals surface area contributed by atoms with Crippen molar-refractivity contribution < 1.29 is 0 Å². The molecule has 4 aromatic rings. The van der Waals surface area contributed by atoms with Crippen LogP contribution < -0.4 is 28.1 Å². The van der Waals surface area contributed by atoms with Crippen molar-refractivity contribution in [3.8, 4) is 0 Å². The van der Waals surface area contributed by atoms with E-state index in [9.17, 15) is 0 Å². The molecule has 0 aliphatic heterocycles. The molecule has 7 heteroatoms. The lowest BCUT2D eigenvalue weighted by Crippen LogP contribution is -2.53. The van der Waals surface area contributed by atoms with Crippen LogP contribution in [0.25, 0.3) is 0 Å². The number of unbranched alkanes of at least 4 members (excludes halogenated alkanes) is 1. The van der Waals surface area contributed by atoms with Crippen molar-refractivity contribution in [2.45, 2.75) is 80.1 Å². The average Bonchev–Trinajstić information content (AvgIpc) is 3.22. The molecule has 0 bridgehead atoms. The monoisotopic (exact) mass is 752 g/mol. The summed E-state index contributed by atoms with van der Waals surface area (Å²) in [7, 11) is 2.02. The van der Waals surface area contributed by atoms with Crippen molar-refractivity contribution in [3.63, 3.8) is 0 Å². The van der Waals surface area contributed by atoms with Crippen LogP contribution in [0.4, 0.5) is 5.69 Å². The Labute approximate surface area is 337 Å². The zero-order chi connectivity index (χ0) is 40.9. The number of anilines is 1. The molecule has 0 saturated heterocycles. The first kappa shape index (κ1) is 52.8. The topological polar surface area (TPSA) is 109 Å². The lowest BCUT2D eigenvalue weighted by atomic mass is 9.89. The number of allylic oxidation sites excluding steroid dienone is 1. The molecule has 0 fully saturated rings. The van der Waals surface area contributed by atoms with Crippen LogP contribution in [0.5, 0.6) is 0 Å². The average molecular weight is 752 g/mol. The van der Waals surface area contributed by atoms with Crippen molar-refractivity contribution in [1.29, 1.82) is 0 Å². The highest BCUT2D eigenvalue weighted by atomic mass is 15.3. The molecule has 0 heterocycles. The first-order chi connectivity index (χ1) is 26.3. The number of hydrogen-bond donors (Lipinski definition) is 5. The van der Waals surface area contributed by atoms with Gasteiger partial charge in [0.25, 0.3) is 0 Å². The van der Waals surface area contributed by atoms with Gasteiger partial charge in [-0.3, -0.25) is 9.80 Å². The van der Waals surface area contributed by atoms with Crippen molar-refractivity contribution in [2.24, 2.45) is 17.2 Å². The number of rotatable bonds is 18. The van der Waals surface area contributed by atoms with Crippen LogP contribution in [0.3, 0.4) is 0 Å². The van der Waals surface area contributed by atoms with E-state index in [1.165, 1.54) is 27.8 Å². The quantitative estimate of drug-likeness (QED) is 0.0298. The second-order valence-corrected chi connectivity index (χ2v) is 12.2. The van der Waals surface area contributed by atoms with Gasteiger partial charge in [0.1, 0.15) is 5.66 Å². The largest absolute Gasteiger partial charge is 0.329 e. The summed E-state index contributed by atoms with van der Waals surface area (Å²) in [5.74, 6) is 0. The molecule has 0 spiro atoms. The molecule has 0 amide bonds. The van der Waals surface area contributed by atoms with E-state index in [-0.39, 0.29) is 13.5 Å². The maximum Gasteiger partial charge on any atom is 0.121 e. The van der Waals surface area contributed by atoms with Crippen LogP contribution in [0, 0.1) is 13.8 Å². The van der Waals surface area contributed by atoms with Gasteiger partial charge < -0.3 is 22.6 Å². The fourth-order valence-electron chi connectivity index (χ4n) is 6.16. The van der Waals surface area contributed by atoms with E-state index in [0.717, 1.165) is 42.7 Å². The first-order valence-electron chi connectivity index (χ1n) is 19.4. The molecule has 0 radical (unpaired) electrons. The van der Waals surface area contributed by atoms with Crippen LogP contribution in [0.2, 0.25) is 0 Å². The van der Waals surface area contributed by atoms with Crippen LogP contribution >= 0.6 is 0 Å². The molecule has 4 rings (SSSR count). The zero-order valence-electron chi connectivity index (χ0n) is 34.7. The Morgan fingerprint density at radius 3 is 1.80 bits per heavy atom. The molecule has 55 heavy (non-hydrogen) atoms. The van der Waals surface area contributed by atoms with Gasteiger partial charge in [-0.25, -0.2) is 5.43 Å². The molecular weight excluding hydrogens is 675 g/mol. The Balaban J connectivity index is 0. The lowest BCUT2D eigenvalue weighted by molar-refractivity contribution is 0.170. The van der Waals surface area contributed by atoms with E-state index < -0.39 is 5.66 Å². The number of benzene rings is 4. The highest BCUT2D eigenvalue weighted by Crippen LogP contribution is 2.32. The normalized spacial score (nSPS) is 11.6. The van der Waals surface area contributed by atoms with Gasteiger partial charge in [-0.2, -0.15) is 0 Å². The Hall–Kier alpha value is -4.34. The number of likely N-dealkylation sites (N-methyl/N-ethyl adjacent to an activating group) is 1. The molecule has 7 nitrogen and oxygen atoms in total. The van der Waals surface area contributed by atoms with Crippen molar-refractivity contribution in [1.82, 2.24) is 15.2 Å². The standard InChI is InChI=1S/C39H53N7.2C2H6.2C2H4.CH4/c1-5-6-7-24-46(26-23-41)38(34-12-8-10-30(2)27-34)33-16-14-32(15-17-33)29-43-44-37-20-18-35(19-21-37)39(42,45(4)25-22-40)36-13-9-11-31(3)28-36;4*1-2;/h5,8-21,27-28,38,43-44H,1,6-7,22-26,29,40-42H2,2-4H3;2*1-2H3;2*1-2H2;1H4. The number of hydrogen-bond acceptors (Lipinski definition) is 7. The van der Waals surface area contributed by atoms with Gasteiger partial charge in [-0.05, 0) is 80.2 Å². The summed E-state index contributed by atoms with van der Waals surface area (Å²) in [4.78, 5) is 4.62. The third-order valence-electron chi connectivity index (χ3n) is 8.66. The molecule has 8 N–H and O–H groups in total. The van der Waals surface area contributed by atoms with Crippen molar-refractivity contribution >= 4 is 5.69 Å². The minimum Gasteiger partial charge on any atom is -0.329 e. The molecule has 0 aliphatic carbocycles. The van der Waals surface area contributed by atoms with E-state index in [2.05, 4.69) is 164 Å². The summed E-state index contributed by atoms with van der Waals surface area (Å²) in [6, 6.07) is 34.5. The predicted molar refractivity (Wildman–Crippen MR) is 246 cm³/mol. The van der Waals surface area contributed by atoms with Gasteiger partial charge in [0, 0.05) is 38.4 Å². The number of hydrazine groups is 1. The van der Waals surface area contributed by atoms with Crippen molar-refractivity contribution in [3.05, 3.63) is 175 Å². The van der Waals surface area contributed by atoms with Gasteiger partial charge in [-0.1, -0.05) is 137 Å².